The Kier molecular flexibility index (Phi) is 9.11. The van der Waals surface area contributed by atoms with E-state index in [2.05, 4.69) is 29.0 Å². The number of ether oxygens (including phenoxy) is 2. The highest BCUT2D eigenvalue weighted by atomic mass is 32.2. The van der Waals surface area contributed by atoms with Crippen LogP contribution in [0.3, 0.4) is 0 Å². The summed E-state index contributed by atoms with van der Waals surface area (Å²) in [6, 6.07) is 7.97. The number of benzene rings is 1. The summed E-state index contributed by atoms with van der Waals surface area (Å²) in [6.45, 7) is 12.1. The standard InChI is InChI=1S/C25H30N4O4S2/c1-7-13-29-22(16(4)33-19-11-9-18(8-2)10-12-19)27-28-25(29)34-14-20(30)26-23-21(24(31)32-6)15(3)17(5)35-23/h7,9-12,16H,1,8,13-14H2,2-6H3,(H,26,30). The first-order chi connectivity index (χ1) is 16.8. The molecule has 2 heterocycles. The number of nitrogens with zero attached hydrogens (tertiary/aromatic N) is 3. The van der Waals surface area contributed by atoms with Gasteiger partial charge in [-0.3, -0.25) is 9.36 Å². The molecule has 8 nitrogen and oxygen atoms in total. The molecule has 0 fully saturated rings. The van der Waals surface area contributed by atoms with Crippen LogP contribution in [0.1, 0.15) is 52.1 Å². The third kappa shape index (κ3) is 6.32. The Morgan fingerprint density at radius 2 is 1.97 bits per heavy atom. The van der Waals surface area contributed by atoms with Crippen molar-refractivity contribution in [2.75, 3.05) is 18.2 Å². The number of thiophene rings is 1. The fraction of sp³-hybridized carbons (Fsp3) is 0.360. The molecule has 3 aromatic rings. The molecule has 186 valence electrons. The highest BCUT2D eigenvalue weighted by Gasteiger charge is 2.23. The van der Waals surface area contributed by atoms with Crippen molar-refractivity contribution in [2.45, 2.75) is 51.9 Å². The number of aryl methyl sites for hydroxylation is 2. The summed E-state index contributed by atoms with van der Waals surface area (Å²) in [4.78, 5) is 25.8. The molecular weight excluding hydrogens is 484 g/mol. The Balaban J connectivity index is 1.69. The van der Waals surface area contributed by atoms with Gasteiger partial charge in [0.25, 0.3) is 0 Å². The van der Waals surface area contributed by atoms with Crippen molar-refractivity contribution in [3.8, 4) is 5.75 Å². The minimum absolute atomic E-state index is 0.0968. The van der Waals surface area contributed by atoms with Crippen LogP contribution in [0.2, 0.25) is 0 Å². The van der Waals surface area contributed by atoms with Crippen molar-refractivity contribution in [1.82, 2.24) is 14.8 Å². The third-order valence-corrected chi connectivity index (χ3v) is 7.51. The highest BCUT2D eigenvalue weighted by molar-refractivity contribution is 7.99. The topological polar surface area (TPSA) is 95.3 Å². The lowest BCUT2D eigenvalue weighted by Gasteiger charge is -2.16. The number of carbonyl (C=O) groups excluding carboxylic acids is 2. The van der Waals surface area contributed by atoms with E-state index >= 15 is 0 Å². The van der Waals surface area contributed by atoms with Crippen molar-refractivity contribution in [2.24, 2.45) is 0 Å². The van der Waals surface area contributed by atoms with Crippen molar-refractivity contribution in [1.29, 1.82) is 0 Å². The van der Waals surface area contributed by atoms with Gasteiger partial charge < -0.3 is 14.8 Å². The molecule has 1 aromatic carbocycles. The zero-order chi connectivity index (χ0) is 25.5. The average Bonchev–Trinajstić information content (AvgIpc) is 3.37. The number of rotatable bonds is 11. The monoisotopic (exact) mass is 514 g/mol. The lowest BCUT2D eigenvalue weighted by molar-refractivity contribution is -0.113. The van der Waals surface area contributed by atoms with Gasteiger partial charge in [-0.25, -0.2) is 4.79 Å². The van der Waals surface area contributed by atoms with Crippen LogP contribution < -0.4 is 10.1 Å². The molecular formula is C25H30N4O4S2. The van der Waals surface area contributed by atoms with E-state index in [-0.39, 0.29) is 17.8 Å². The molecule has 0 saturated carbocycles. The minimum Gasteiger partial charge on any atom is -0.483 e. The summed E-state index contributed by atoms with van der Waals surface area (Å²) in [5, 5.41) is 12.5. The molecule has 3 rings (SSSR count). The Labute approximate surface area is 213 Å². The summed E-state index contributed by atoms with van der Waals surface area (Å²) >= 11 is 2.61. The fourth-order valence-corrected chi connectivity index (χ4v) is 5.24. The molecule has 0 aliphatic heterocycles. The average molecular weight is 515 g/mol. The zero-order valence-corrected chi connectivity index (χ0v) is 22.2. The molecule has 1 N–H and O–H groups in total. The second-order valence-electron chi connectivity index (χ2n) is 7.81. The number of carbonyl (C=O) groups is 2. The van der Waals surface area contributed by atoms with Gasteiger partial charge in [-0.15, -0.1) is 28.1 Å². The number of nitrogens with one attached hydrogen (secondary N) is 1. The largest absolute Gasteiger partial charge is 0.483 e. The van der Waals surface area contributed by atoms with E-state index in [0.717, 1.165) is 22.6 Å². The number of thioether (sulfide) groups is 1. The van der Waals surface area contributed by atoms with Gasteiger partial charge >= 0.3 is 5.97 Å². The molecule has 1 atom stereocenters. The molecule has 0 saturated heterocycles. The van der Waals surface area contributed by atoms with E-state index in [4.69, 9.17) is 9.47 Å². The second-order valence-corrected chi connectivity index (χ2v) is 9.98. The quantitative estimate of drug-likeness (QED) is 0.209. The number of methoxy groups -OCH3 is 1. The van der Waals surface area contributed by atoms with E-state index in [9.17, 15) is 9.59 Å². The molecule has 0 bridgehead atoms. The number of aromatic nitrogens is 3. The van der Waals surface area contributed by atoms with Gasteiger partial charge in [0.1, 0.15) is 10.8 Å². The van der Waals surface area contributed by atoms with Gasteiger partial charge in [-0.05, 0) is 50.5 Å². The first-order valence-electron chi connectivity index (χ1n) is 11.2. The van der Waals surface area contributed by atoms with Crippen LogP contribution in [0.5, 0.6) is 5.75 Å². The van der Waals surface area contributed by atoms with Crippen LogP contribution in [0.25, 0.3) is 0 Å². The van der Waals surface area contributed by atoms with Crippen LogP contribution in [-0.2, 0) is 22.5 Å². The molecule has 0 spiro atoms. The summed E-state index contributed by atoms with van der Waals surface area (Å²) < 4.78 is 12.8. The lowest BCUT2D eigenvalue weighted by atomic mass is 10.1. The Hall–Kier alpha value is -3.11. The van der Waals surface area contributed by atoms with E-state index in [0.29, 0.717) is 28.1 Å². The maximum absolute atomic E-state index is 12.7. The van der Waals surface area contributed by atoms with E-state index in [1.165, 1.54) is 35.8 Å². The number of hydrogen-bond acceptors (Lipinski definition) is 8. The van der Waals surface area contributed by atoms with E-state index < -0.39 is 5.97 Å². The smallest absolute Gasteiger partial charge is 0.341 e. The van der Waals surface area contributed by atoms with E-state index in [1.807, 2.05) is 49.6 Å². The van der Waals surface area contributed by atoms with Crippen molar-refractivity contribution < 1.29 is 19.1 Å². The van der Waals surface area contributed by atoms with Crippen molar-refractivity contribution >= 4 is 40.0 Å². The van der Waals surface area contributed by atoms with Crippen LogP contribution in [0, 0.1) is 13.8 Å². The Bertz CT molecular complexity index is 1200. The van der Waals surface area contributed by atoms with Gasteiger partial charge in [-0.2, -0.15) is 0 Å². The Morgan fingerprint density at radius 3 is 2.60 bits per heavy atom. The normalized spacial score (nSPS) is 11.7. The maximum atomic E-state index is 12.7. The number of esters is 1. The molecule has 2 aromatic heterocycles. The summed E-state index contributed by atoms with van der Waals surface area (Å²) in [6.07, 6.45) is 2.37. The van der Waals surface area contributed by atoms with Gasteiger partial charge in [0.2, 0.25) is 5.91 Å². The van der Waals surface area contributed by atoms with Crippen LogP contribution in [0.4, 0.5) is 5.00 Å². The third-order valence-electron chi connectivity index (χ3n) is 5.43. The fourth-order valence-electron chi connectivity index (χ4n) is 3.42. The Morgan fingerprint density at radius 1 is 1.26 bits per heavy atom. The summed E-state index contributed by atoms with van der Waals surface area (Å²) in [5.41, 5.74) is 2.44. The van der Waals surface area contributed by atoms with Gasteiger partial charge in [0.05, 0.1) is 18.4 Å². The van der Waals surface area contributed by atoms with Gasteiger partial charge in [0, 0.05) is 11.4 Å². The molecule has 1 unspecified atom stereocenters. The number of allylic oxidation sites excluding steroid dienone is 1. The number of amides is 1. The van der Waals surface area contributed by atoms with Gasteiger partial charge in [-0.1, -0.05) is 36.9 Å². The van der Waals surface area contributed by atoms with Crippen molar-refractivity contribution in [3.63, 3.8) is 0 Å². The predicted molar refractivity (Wildman–Crippen MR) is 140 cm³/mol. The molecule has 35 heavy (non-hydrogen) atoms. The molecule has 0 radical (unpaired) electrons. The molecule has 0 aliphatic rings. The van der Waals surface area contributed by atoms with Crippen molar-refractivity contribution in [3.05, 3.63) is 64.3 Å². The first-order valence-corrected chi connectivity index (χ1v) is 13.0. The molecule has 0 aliphatic carbocycles. The SMILES string of the molecule is C=CCn1c(SCC(=O)Nc2sc(C)c(C)c2C(=O)OC)nnc1C(C)Oc1ccc(CC)cc1. The zero-order valence-electron chi connectivity index (χ0n) is 20.6. The van der Waals surface area contributed by atoms with Crippen LogP contribution in [-0.4, -0.2) is 39.5 Å². The minimum atomic E-state index is -0.469. The lowest BCUT2D eigenvalue weighted by Crippen LogP contribution is -2.17. The first kappa shape index (κ1) is 26.5. The summed E-state index contributed by atoms with van der Waals surface area (Å²) in [5.74, 6) is 0.767. The number of anilines is 1. The highest BCUT2D eigenvalue weighted by Crippen LogP contribution is 2.33. The van der Waals surface area contributed by atoms with Crippen LogP contribution in [0.15, 0.2) is 42.1 Å². The second kappa shape index (κ2) is 12.0. The van der Waals surface area contributed by atoms with Crippen LogP contribution >= 0.6 is 23.1 Å². The predicted octanol–water partition coefficient (Wildman–Crippen LogP) is 5.36. The maximum Gasteiger partial charge on any atom is 0.341 e. The van der Waals surface area contributed by atoms with Gasteiger partial charge in [0.15, 0.2) is 17.1 Å². The molecule has 1 amide bonds. The number of hydrogen-bond donors (Lipinski definition) is 1. The van der Waals surface area contributed by atoms with E-state index in [1.54, 1.807) is 6.08 Å². The molecule has 10 heteroatoms. The summed E-state index contributed by atoms with van der Waals surface area (Å²) in [7, 11) is 1.32.